The van der Waals surface area contributed by atoms with Gasteiger partial charge >= 0.3 is 0 Å². The van der Waals surface area contributed by atoms with E-state index in [0.717, 1.165) is 23.3 Å². The van der Waals surface area contributed by atoms with E-state index in [0.29, 0.717) is 12.3 Å². The van der Waals surface area contributed by atoms with Gasteiger partial charge in [-0.3, -0.25) is 4.21 Å². The van der Waals surface area contributed by atoms with E-state index in [1.54, 1.807) is 25.3 Å². The van der Waals surface area contributed by atoms with Gasteiger partial charge in [0, 0.05) is 17.0 Å². The fraction of sp³-hybridized carbons (Fsp3) is 0.200. The summed E-state index contributed by atoms with van der Waals surface area (Å²) in [5, 5.41) is 0. The molecule has 1 unspecified atom stereocenters. The van der Waals surface area contributed by atoms with E-state index in [-0.39, 0.29) is 10.6 Å². The van der Waals surface area contributed by atoms with E-state index in [2.05, 4.69) is 0 Å². The van der Waals surface area contributed by atoms with Crippen molar-refractivity contribution in [3.05, 3.63) is 59.2 Å². The summed E-state index contributed by atoms with van der Waals surface area (Å²) >= 11 is 0. The van der Waals surface area contributed by atoms with Crippen LogP contribution in [0.25, 0.3) is 0 Å². The highest BCUT2D eigenvalue weighted by Crippen LogP contribution is 2.22. The third-order valence-corrected chi connectivity index (χ3v) is 4.39. The van der Waals surface area contributed by atoms with Crippen LogP contribution in [0.15, 0.2) is 41.3 Å². The largest absolute Gasteiger partial charge is 0.496 e. The lowest BCUT2D eigenvalue weighted by Gasteiger charge is -2.09. The number of hydrogen-bond donors (Lipinski definition) is 1. The van der Waals surface area contributed by atoms with Crippen molar-refractivity contribution in [3.63, 3.8) is 0 Å². The number of rotatable bonds is 5. The highest BCUT2D eigenvalue weighted by molar-refractivity contribution is 7.84. The molecule has 112 valence electrons. The summed E-state index contributed by atoms with van der Waals surface area (Å²) in [6, 6.07) is 8.58. The van der Waals surface area contributed by atoms with Crippen molar-refractivity contribution < 1.29 is 17.7 Å². The van der Waals surface area contributed by atoms with Gasteiger partial charge in [-0.15, -0.1) is 0 Å². The molecule has 0 spiro atoms. The molecule has 2 N–H and O–H groups in total. The summed E-state index contributed by atoms with van der Waals surface area (Å²) in [5.74, 6) is -1.09. The summed E-state index contributed by atoms with van der Waals surface area (Å²) in [6.45, 7) is 0.300. The van der Waals surface area contributed by atoms with Crippen molar-refractivity contribution in [2.75, 3.05) is 7.11 Å². The van der Waals surface area contributed by atoms with Crippen LogP contribution < -0.4 is 10.5 Å². The van der Waals surface area contributed by atoms with Crippen LogP contribution in [-0.2, 0) is 23.1 Å². The molecule has 0 radical (unpaired) electrons. The van der Waals surface area contributed by atoms with E-state index >= 15 is 0 Å². The molecule has 0 heterocycles. The molecule has 21 heavy (non-hydrogen) atoms. The van der Waals surface area contributed by atoms with E-state index in [9.17, 15) is 13.0 Å². The minimum Gasteiger partial charge on any atom is -0.496 e. The van der Waals surface area contributed by atoms with Gasteiger partial charge in [-0.05, 0) is 35.9 Å². The first-order chi connectivity index (χ1) is 10.0. The molecule has 3 nitrogen and oxygen atoms in total. The van der Waals surface area contributed by atoms with Crippen LogP contribution in [0.2, 0.25) is 0 Å². The van der Waals surface area contributed by atoms with Gasteiger partial charge < -0.3 is 10.5 Å². The molecule has 2 rings (SSSR count). The predicted octanol–water partition coefficient (Wildman–Crippen LogP) is 2.74. The Kier molecular flexibility index (Phi) is 5.03. The molecule has 0 saturated carbocycles. The highest BCUT2D eigenvalue weighted by Gasteiger charge is 2.11. The molecule has 0 aliphatic carbocycles. The standard InChI is InChI=1S/C15H15F2NO2S/c1-20-15-5-2-10(6-11(15)8-18)9-21(19)12-3-4-13(16)14(17)7-12/h2-7H,8-9,18H2,1H3. The van der Waals surface area contributed by atoms with Crippen LogP contribution in [0, 0.1) is 11.6 Å². The first kappa shape index (κ1) is 15.6. The fourth-order valence-electron chi connectivity index (χ4n) is 1.93. The minimum absolute atomic E-state index is 0.196. The Morgan fingerprint density at radius 2 is 1.90 bits per heavy atom. The van der Waals surface area contributed by atoms with Crippen LogP contribution in [0.3, 0.4) is 0 Å². The second kappa shape index (κ2) is 6.78. The maximum atomic E-state index is 13.2. The van der Waals surface area contributed by atoms with Crippen molar-refractivity contribution in [2.45, 2.75) is 17.2 Å². The number of nitrogens with two attached hydrogens (primary N) is 1. The molecule has 0 fully saturated rings. The molecule has 0 bridgehead atoms. The Bertz CT molecular complexity index is 677. The summed E-state index contributed by atoms with van der Waals surface area (Å²) in [7, 11) is 0.0892. The van der Waals surface area contributed by atoms with Gasteiger partial charge in [0.25, 0.3) is 0 Å². The normalized spacial score (nSPS) is 12.2. The molecule has 2 aromatic rings. The van der Waals surface area contributed by atoms with Crippen LogP contribution in [0.1, 0.15) is 11.1 Å². The predicted molar refractivity (Wildman–Crippen MR) is 77.4 cm³/mol. The third-order valence-electron chi connectivity index (χ3n) is 3.02. The van der Waals surface area contributed by atoms with Gasteiger partial charge in [0.2, 0.25) is 0 Å². The second-order valence-corrected chi connectivity index (χ2v) is 5.87. The van der Waals surface area contributed by atoms with E-state index in [1.165, 1.54) is 6.07 Å². The van der Waals surface area contributed by atoms with Gasteiger partial charge in [-0.2, -0.15) is 0 Å². The lowest BCUT2D eigenvalue weighted by atomic mass is 10.1. The molecular formula is C15H15F2NO2S. The molecule has 1 atom stereocenters. The topological polar surface area (TPSA) is 52.3 Å². The Morgan fingerprint density at radius 1 is 1.14 bits per heavy atom. The van der Waals surface area contributed by atoms with E-state index < -0.39 is 22.4 Å². The zero-order valence-electron chi connectivity index (χ0n) is 11.4. The molecule has 0 amide bonds. The van der Waals surface area contributed by atoms with Gasteiger partial charge in [-0.1, -0.05) is 6.07 Å². The third kappa shape index (κ3) is 3.65. The zero-order valence-corrected chi connectivity index (χ0v) is 12.3. The Morgan fingerprint density at radius 3 is 2.52 bits per heavy atom. The summed E-state index contributed by atoms with van der Waals surface area (Å²) in [4.78, 5) is 0.249. The number of hydrogen-bond acceptors (Lipinski definition) is 3. The first-order valence-corrected chi connectivity index (χ1v) is 7.56. The fourth-order valence-corrected chi connectivity index (χ4v) is 3.04. The molecular weight excluding hydrogens is 296 g/mol. The minimum atomic E-state index is -1.46. The maximum Gasteiger partial charge on any atom is 0.160 e. The van der Waals surface area contributed by atoms with E-state index in [1.807, 2.05) is 0 Å². The lowest BCUT2D eigenvalue weighted by molar-refractivity contribution is 0.409. The summed E-state index contributed by atoms with van der Waals surface area (Å²) in [6.07, 6.45) is 0. The molecule has 0 aromatic heterocycles. The quantitative estimate of drug-likeness (QED) is 0.924. The van der Waals surface area contributed by atoms with Crippen molar-refractivity contribution in [1.29, 1.82) is 0 Å². The number of ether oxygens (including phenoxy) is 1. The van der Waals surface area contributed by atoms with Crippen LogP contribution in [0.5, 0.6) is 5.75 Å². The molecule has 0 saturated heterocycles. The van der Waals surface area contributed by atoms with Crippen molar-refractivity contribution in [2.24, 2.45) is 5.73 Å². The monoisotopic (exact) mass is 311 g/mol. The summed E-state index contributed by atoms with van der Waals surface area (Å²) < 4.78 is 43.4. The van der Waals surface area contributed by atoms with Gasteiger partial charge in [0.1, 0.15) is 5.75 Å². The Balaban J connectivity index is 2.21. The SMILES string of the molecule is COc1ccc(CS(=O)c2ccc(F)c(F)c2)cc1CN. The molecule has 6 heteroatoms. The zero-order chi connectivity index (χ0) is 15.4. The number of methoxy groups -OCH3 is 1. The van der Waals surface area contributed by atoms with Crippen molar-refractivity contribution in [1.82, 2.24) is 0 Å². The second-order valence-electron chi connectivity index (χ2n) is 4.42. The van der Waals surface area contributed by atoms with Crippen molar-refractivity contribution in [3.8, 4) is 5.75 Å². The number of halogens is 2. The maximum absolute atomic E-state index is 13.2. The van der Waals surface area contributed by atoms with Gasteiger partial charge in [0.15, 0.2) is 11.6 Å². The van der Waals surface area contributed by atoms with Crippen molar-refractivity contribution >= 4 is 10.8 Å². The average molecular weight is 311 g/mol. The molecule has 0 aliphatic heterocycles. The van der Waals surface area contributed by atoms with E-state index in [4.69, 9.17) is 10.5 Å². The Labute approximate surface area is 124 Å². The van der Waals surface area contributed by atoms with Crippen LogP contribution in [-0.4, -0.2) is 11.3 Å². The Hall–Kier alpha value is -1.79. The molecule has 0 aliphatic rings. The smallest absolute Gasteiger partial charge is 0.160 e. The summed E-state index contributed by atoms with van der Waals surface area (Å²) in [5.41, 5.74) is 7.22. The average Bonchev–Trinajstić information content (AvgIpc) is 2.49. The van der Waals surface area contributed by atoms with Crippen LogP contribution >= 0.6 is 0 Å². The lowest BCUT2D eigenvalue weighted by Crippen LogP contribution is -2.03. The van der Waals surface area contributed by atoms with Gasteiger partial charge in [-0.25, -0.2) is 8.78 Å². The first-order valence-electron chi connectivity index (χ1n) is 6.24. The highest BCUT2D eigenvalue weighted by atomic mass is 32.2. The van der Waals surface area contributed by atoms with Crippen LogP contribution in [0.4, 0.5) is 8.78 Å². The number of benzene rings is 2. The van der Waals surface area contributed by atoms with Gasteiger partial charge in [0.05, 0.1) is 23.7 Å². The molecule has 2 aromatic carbocycles.